The van der Waals surface area contributed by atoms with E-state index in [9.17, 15) is 9.59 Å². The maximum Gasteiger partial charge on any atom is 0.254 e. The second-order valence-corrected chi connectivity index (χ2v) is 4.27. The fraction of sp³-hybridized carbons (Fsp3) is 0.467. The van der Waals surface area contributed by atoms with Crippen LogP contribution in [0.2, 0.25) is 0 Å². The molecule has 1 amide bonds. The van der Waals surface area contributed by atoms with Crippen molar-refractivity contribution in [1.29, 1.82) is 0 Å². The first kappa shape index (κ1) is 15.4. The van der Waals surface area contributed by atoms with Crippen molar-refractivity contribution in [3.63, 3.8) is 0 Å². The largest absolute Gasteiger partial charge is 0.396 e. The number of Topliss-reactive ketones (excluding diaryl/α,β-unsaturated/α-hetero) is 1. The molecule has 0 saturated heterocycles. The van der Waals surface area contributed by atoms with E-state index in [2.05, 4.69) is 0 Å². The van der Waals surface area contributed by atoms with Gasteiger partial charge in [-0.05, 0) is 26.3 Å². The number of carbonyl (C=O) groups excluding carboxylic acids is 2. The third kappa shape index (κ3) is 3.89. The lowest BCUT2D eigenvalue weighted by molar-refractivity contribution is 0.0766. The van der Waals surface area contributed by atoms with Crippen LogP contribution < -0.4 is 0 Å². The number of nitrogens with zero attached hydrogens (tertiary/aromatic N) is 1. The van der Waals surface area contributed by atoms with Crippen molar-refractivity contribution < 1.29 is 14.7 Å². The lowest BCUT2D eigenvalue weighted by atomic mass is 9.99. The predicted molar refractivity (Wildman–Crippen MR) is 74.3 cm³/mol. The number of hydrogen-bond acceptors (Lipinski definition) is 3. The Labute approximate surface area is 114 Å². The molecule has 0 fully saturated rings. The maximum atomic E-state index is 12.3. The summed E-state index contributed by atoms with van der Waals surface area (Å²) in [6, 6.07) is 6.88. The highest BCUT2D eigenvalue weighted by molar-refractivity contribution is 6.08. The number of carbonyl (C=O) groups is 2. The van der Waals surface area contributed by atoms with E-state index in [4.69, 9.17) is 5.11 Å². The van der Waals surface area contributed by atoms with E-state index in [1.165, 1.54) is 0 Å². The van der Waals surface area contributed by atoms with Gasteiger partial charge in [0.2, 0.25) is 0 Å². The van der Waals surface area contributed by atoms with Crippen LogP contribution in [0.1, 0.15) is 47.4 Å². The van der Waals surface area contributed by atoms with Crippen molar-refractivity contribution in [2.45, 2.75) is 26.7 Å². The molecule has 1 N–H and O–H groups in total. The Morgan fingerprint density at radius 2 is 1.68 bits per heavy atom. The molecule has 0 saturated carbocycles. The second kappa shape index (κ2) is 7.69. The number of amides is 1. The van der Waals surface area contributed by atoms with E-state index in [1.54, 1.807) is 29.2 Å². The number of ketones is 1. The number of aliphatic hydroxyl groups excluding tert-OH is 1. The summed E-state index contributed by atoms with van der Waals surface area (Å²) in [4.78, 5) is 26.1. The Morgan fingerprint density at radius 3 is 2.21 bits per heavy atom. The smallest absolute Gasteiger partial charge is 0.254 e. The summed E-state index contributed by atoms with van der Waals surface area (Å²) < 4.78 is 0. The Bertz CT molecular complexity index is 439. The quantitative estimate of drug-likeness (QED) is 0.767. The first-order chi connectivity index (χ1) is 9.15. The molecule has 104 valence electrons. The fourth-order valence-electron chi connectivity index (χ4n) is 1.97. The van der Waals surface area contributed by atoms with Crippen LogP contribution in [0.15, 0.2) is 24.3 Å². The van der Waals surface area contributed by atoms with Crippen LogP contribution in [-0.4, -0.2) is 41.4 Å². The molecule has 0 heterocycles. The molecule has 0 atom stereocenters. The van der Waals surface area contributed by atoms with Crippen LogP contribution in [0, 0.1) is 0 Å². The molecule has 1 rings (SSSR count). The van der Waals surface area contributed by atoms with Crippen LogP contribution in [0.3, 0.4) is 0 Å². The van der Waals surface area contributed by atoms with Crippen molar-refractivity contribution >= 4 is 11.7 Å². The molecule has 4 heteroatoms. The van der Waals surface area contributed by atoms with Gasteiger partial charge in [-0.3, -0.25) is 9.59 Å². The van der Waals surface area contributed by atoms with E-state index in [0.29, 0.717) is 30.6 Å². The van der Waals surface area contributed by atoms with Crippen molar-refractivity contribution in [3.8, 4) is 0 Å². The molecule has 0 aliphatic heterocycles. The normalized spacial score (nSPS) is 10.3. The van der Waals surface area contributed by atoms with Crippen molar-refractivity contribution in [3.05, 3.63) is 35.4 Å². The van der Waals surface area contributed by atoms with Crippen molar-refractivity contribution in [2.75, 3.05) is 19.7 Å². The molecule has 19 heavy (non-hydrogen) atoms. The zero-order valence-corrected chi connectivity index (χ0v) is 11.6. The second-order valence-electron chi connectivity index (χ2n) is 4.27. The summed E-state index contributed by atoms with van der Waals surface area (Å²) in [5.41, 5.74) is 0.905. The number of aliphatic hydroxyl groups is 1. The zero-order valence-electron chi connectivity index (χ0n) is 11.6. The molecule has 4 nitrogen and oxygen atoms in total. The zero-order chi connectivity index (χ0) is 14.3. The van der Waals surface area contributed by atoms with Gasteiger partial charge in [0.15, 0.2) is 5.78 Å². The first-order valence-corrected chi connectivity index (χ1v) is 6.68. The van der Waals surface area contributed by atoms with Gasteiger partial charge in [-0.1, -0.05) is 18.2 Å². The summed E-state index contributed by atoms with van der Waals surface area (Å²) in [7, 11) is 0. The van der Waals surface area contributed by atoms with Crippen LogP contribution >= 0.6 is 0 Å². The van der Waals surface area contributed by atoms with Gasteiger partial charge in [0.1, 0.15) is 0 Å². The summed E-state index contributed by atoms with van der Waals surface area (Å²) in [6.45, 7) is 5.05. The lowest BCUT2D eigenvalue weighted by Gasteiger charge is -2.20. The average Bonchev–Trinajstić information content (AvgIpc) is 2.45. The topological polar surface area (TPSA) is 57.6 Å². The fourth-order valence-corrected chi connectivity index (χ4v) is 1.97. The summed E-state index contributed by atoms with van der Waals surface area (Å²) in [5, 5.41) is 8.78. The molecule has 1 aromatic rings. The Balaban J connectivity index is 3.01. The first-order valence-electron chi connectivity index (χ1n) is 6.68. The highest BCUT2D eigenvalue weighted by Gasteiger charge is 2.19. The SMILES string of the molecule is CCN(CC)C(=O)c1ccccc1C(=O)CCCO. The molecular formula is C15H21NO3. The highest BCUT2D eigenvalue weighted by Crippen LogP contribution is 2.14. The van der Waals surface area contributed by atoms with Crippen molar-refractivity contribution in [2.24, 2.45) is 0 Å². The number of hydrogen-bond donors (Lipinski definition) is 1. The van der Waals surface area contributed by atoms with E-state index >= 15 is 0 Å². The Morgan fingerprint density at radius 1 is 1.11 bits per heavy atom. The lowest BCUT2D eigenvalue weighted by Crippen LogP contribution is -2.31. The molecule has 0 spiro atoms. The molecule has 0 unspecified atom stereocenters. The molecule has 0 bridgehead atoms. The van der Waals surface area contributed by atoms with Crippen LogP contribution in [0.4, 0.5) is 0 Å². The van der Waals surface area contributed by atoms with Gasteiger partial charge in [-0.2, -0.15) is 0 Å². The standard InChI is InChI=1S/C15H21NO3/c1-3-16(4-2)15(19)13-9-6-5-8-12(13)14(18)10-7-11-17/h5-6,8-9,17H,3-4,7,10-11H2,1-2H3. The average molecular weight is 263 g/mol. The molecule has 0 aliphatic rings. The van der Waals surface area contributed by atoms with Gasteiger partial charge in [-0.15, -0.1) is 0 Å². The molecule has 0 radical (unpaired) electrons. The predicted octanol–water partition coefficient (Wildman–Crippen LogP) is 2.12. The maximum absolute atomic E-state index is 12.3. The van der Waals surface area contributed by atoms with Gasteiger partial charge in [0, 0.05) is 31.7 Å². The Kier molecular flexibility index (Phi) is 6.22. The number of benzene rings is 1. The van der Waals surface area contributed by atoms with Crippen molar-refractivity contribution in [1.82, 2.24) is 4.90 Å². The third-order valence-corrected chi connectivity index (χ3v) is 3.07. The van der Waals surface area contributed by atoms with Gasteiger partial charge < -0.3 is 10.0 Å². The van der Waals surface area contributed by atoms with E-state index < -0.39 is 0 Å². The van der Waals surface area contributed by atoms with E-state index in [-0.39, 0.29) is 24.7 Å². The van der Waals surface area contributed by atoms with Gasteiger partial charge in [0.25, 0.3) is 5.91 Å². The number of rotatable bonds is 7. The molecular weight excluding hydrogens is 242 g/mol. The molecule has 0 aliphatic carbocycles. The minimum absolute atomic E-state index is 0.0160. The molecule has 1 aromatic carbocycles. The third-order valence-electron chi connectivity index (χ3n) is 3.07. The Hall–Kier alpha value is -1.68. The van der Waals surface area contributed by atoms with Gasteiger partial charge in [0.05, 0.1) is 5.56 Å². The van der Waals surface area contributed by atoms with E-state index in [1.807, 2.05) is 13.8 Å². The van der Waals surface area contributed by atoms with Gasteiger partial charge in [-0.25, -0.2) is 0 Å². The van der Waals surface area contributed by atoms with Gasteiger partial charge >= 0.3 is 0 Å². The minimum Gasteiger partial charge on any atom is -0.396 e. The van der Waals surface area contributed by atoms with Crippen LogP contribution in [-0.2, 0) is 0 Å². The van der Waals surface area contributed by atoms with E-state index in [0.717, 1.165) is 0 Å². The monoisotopic (exact) mass is 263 g/mol. The summed E-state index contributed by atoms with van der Waals surface area (Å²) in [6.07, 6.45) is 0.686. The van der Waals surface area contributed by atoms with Crippen LogP contribution in [0.25, 0.3) is 0 Å². The minimum atomic E-state index is -0.113. The molecule has 0 aromatic heterocycles. The van der Waals surface area contributed by atoms with Crippen LogP contribution in [0.5, 0.6) is 0 Å². The summed E-state index contributed by atoms with van der Waals surface area (Å²) in [5.74, 6) is -0.205. The summed E-state index contributed by atoms with van der Waals surface area (Å²) >= 11 is 0. The highest BCUT2D eigenvalue weighted by atomic mass is 16.3.